The van der Waals surface area contributed by atoms with E-state index in [1.165, 1.54) is 4.68 Å². The smallest absolute Gasteiger partial charge is 0.188 e. The van der Waals surface area contributed by atoms with Crippen LogP contribution >= 0.6 is 0 Å². The van der Waals surface area contributed by atoms with Gasteiger partial charge in [-0.1, -0.05) is 19.8 Å². The Morgan fingerprint density at radius 3 is 2.62 bits per heavy atom. The van der Waals surface area contributed by atoms with Gasteiger partial charge in [-0.3, -0.25) is 4.68 Å². The lowest BCUT2D eigenvalue weighted by atomic mass is 10.1. The molecule has 0 radical (unpaired) electrons. The minimum atomic E-state index is -0.349. The first-order chi connectivity index (χ1) is 6.16. The monoisotopic (exact) mass is 185 g/mol. The third-order valence-electron chi connectivity index (χ3n) is 2.11. The zero-order chi connectivity index (χ0) is 9.84. The number of nitrogens with two attached hydrogens (primary N) is 1. The highest BCUT2D eigenvalue weighted by Gasteiger charge is 2.11. The molecule has 1 aromatic heterocycles. The number of aryl methyl sites for hydroxylation is 2. The molecule has 74 valence electrons. The van der Waals surface area contributed by atoms with Gasteiger partial charge in [-0.05, 0) is 12.8 Å². The van der Waals surface area contributed by atoms with Crippen LogP contribution < -0.4 is 5.73 Å². The maximum absolute atomic E-state index is 13.2. The van der Waals surface area contributed by atoms with Crippen molar-refractivity contribution in [1.29, 1.82) is 0 Å². The first-order valence-corrected chi connectivity index (χ1v) is 4.63. The van der Waals surface area contributed by atoms with Crippen molar-refractivity contribution in [2.45, 2.75) is 32.6 Å². The van der Waals surface area contributed by atoms with Crippen LogP contribution in [0.1, 0.15) is 31.9 Å². The molecule has 4 heteroatoms. The van der Waals surface area contributed by atoms with Gasteiger partial charge in [-0.25, -0.2) is 4.39 Å². The number of hydrogen-bond acceptors (Lipinski definition) is 2. The van der Waals surface area contributed by atoms with Crippen LogP contribution in [0.25, 0.3) is 0 Å². The first-order valence-electron chi connectivity index (χ1n) is 4.63. The molecule has 3 nitrogen and oxygen atoms in total. The van der Waals surface area contributed by atoms with Crippen LogP contribution in [0.3, 0.4) is 0 Å². The van der Waals surface area contributed by atoms with Gasteiger partial charge in [0, 0.05) is 7.05 Å². The van der Waals surface area contributed by atoms with Crippen molar-refractivity contribution in [3.63, 3.8) is 0 Å². The zero-order valence-corrected chi connectivity index (χ0v) is 8.18. The molecule has 0 unspecified atom stereocenters. The number of unbranched alkanes of at least 4 members (excludes halogenated alkanes) is 2. The summed E-state index contributed by atoms with van der Waals surface area (Å²) in [6.45, 7) is 2.11. The van der Waals surface area contributed by atoms with Crippen LogP contribution in [-0.2, 0) is 13.5 Å². The molecule has 1 rings (SSSR count). The van der Waals surface area contributed by atoms with E-state index in [1.54, 1.807) is 7.05 Å². The highest BCUT2D eigenvalue weighted by molar-refractivity contribution is 5.33. The Morgan fingerprint density at radius 2 is 2.15 bits per heavy atom. The summed E-state index contributed by atoms with van der Waals surface area (Å²) >= 11 is 0. The Balaban J connectivity index is 2.61. The van der Waals surface area contributed by atoms with E-state index in [9.17, 15) is 4.39 Å². The predicted molar refractivity (Wildman–Crippen MR) is 50.8 cm³/mol. The summed E-state index contributed by atoms with van der Waals surface area (Å²) in [5.41, 5.74) is 5.93. The number of rotatable bonds is 4. The van der Waals surface area contributed by atoms with Gasteiger partial charge in [-0.15, -0.1) is 0 Å². The molecule has 1 heterocycles. The quantitative estimate of drug-likeness (QED) is 0.728. The van der Waals surface area contributed by atoms with E-state index >= 15 is 0 Å². The molecule has 0 bridgehead atoms. The maximum Gasteiger partial charge on any atom is 0.188 e. The van der Waals surface area contributed by atoms with Crippen molar-refractivity contribution in [3.8, 4) is 0 Å². The maximum atomic E-state index is 13.2. The Hall–Kier alpha value is -1.06. The number of hydrogen-bond donors (Lipinski definition) is 1. The molecule has 0 aromatic carbocycles. The van der Waals surface area contributed by atoms with Crippen LogP contribution in [0.2, 0.25) is 0 Å². The average molecular weight is 185 g/mol. The number of anilines is 1. The van der Waals surface area contributed by atoms with Gasteiger partial charge >= 0.3 is 0 Å². The Morgan fingerprint density at radius 1 is 1.46 bits per heavy atom. The van der Waals surface area contributed by atoms with Crippen molar-refractivity contribution in [2.24, 2.45) is 7.05 Å². The molecular formula is C9H16FN3. The summed E-state index contributed by atoms with van der Waals surface area (Å²) in [5.74, 6) is -0.217. The highest BCUT2D eigenvalue weighted by atomic mass is 19.1. The molecule has 13 heavy (non-hydrogen) atoms. The fourth-order valence-electron chi connectivity index (χ4n) is 1.27. The Kier molecular flexibility index (Phi) is 3.28. The molecule has 0 aliphatic rings. The lowest BCUT2D eigenvalue weighted by molar-refractivity contribution is 0.600. The molecule has 1 aromatic rings. The van der Waals surface area contributed by atoms with Gasteiger partial charge < -0.3 is 5.73 Å². The van der Waals surface area contributed by atoms with E-state index in [4.69, 9.17) is 5.73 Å². The Labute approximate surface area is 77.7 Å². The van der Waals surface area contributed by atoms with E-state index in [0.29, 0.717) is 12.1 Å². The normalized spacial score (nSPS) is 10.7. The highest BCUT2D eigenvalue weighted by Crippen LogP contribution is 2.15. The van der Waals surface area contributed by atoms with Gasteiger partial charge in [0.15, 0.2) is 11.6 Å². The number of nitrogen functional groups attached to an aromatic ring is 1. The van der Waals surface area contributed by atoms with Gasteiger partial charge in [0.05, 0.1) is 0 Å². The minimum Gasteiger partial charge on any atom is -0.381 e. The second-order valence-electron chi connectivity index (χ2n) is 3.23. The molecule has 0 spiro atoms. The van der Waals surface area contributed by atoms with Crippen LogP contribution in [0.5, 0.6) is 0 Å². The van der Waals surface area contributed by atoms with Crippen molar-refractivity contribution >= 4 is 5.82 Å². The summed E-state index contributed by atoms with van der Waals surface area (Å²) in [7, 11) is 1.65. The second-order valence-corrected chi connectivity index (χ2v) is 3.23. The van der Waals surface area contributed by atoms with Crippen LogP contribution in [0.15, 0.2) is 0 Å². The summed E-state index contributed by atoms with van der Waals surface area (Å²) in [6, 6.07) is 0. The number of halogens is 1. The average Bonchev–Trinajstić information content (AvgIpc) is 2.34. The summed E-state index contributed by atoms with van der Waals surface area (Å²) in [6.07, 6.45) is 3.90. The van der Waals surface area contributed by atoms with Crippen molar-refractivity contribution in [2.75, 3.05) is 5.73 Å². The van der Waals surface area contributed by atoms with Gasteiger partial charge in [0.25, 0.3) is 0 Å². The van der Waals surface area contributed by atoms with E-state index in [0.717, 1.165) is 19.3 Å². The fourth-order valence-corrected chi connectivity index (χ4v) is 1.27. The van der Waals surface area contributed by atoms with E-state index in [-0.39, 0.29) is 11.6 Å². The topological polar surface area (TPSA) is 43.8 Å². The molecule has 0 saturated carbocycles. The Bertz CT molecular complexity index is 281. The van der Waals surface area contributed by atoms with Gasteiger partial charge in [0.2, 0.25) is 0 Å². The minimum absolute atomic E-state index is 0.131. The lowest BCUT2D eigenvalue weighted by Gasteiger charge is -1.94. The van der Waals surface area contributed by atoms with E-state index in [2.05, 4.69) is 12.0 Å². The zero-order valence-electron chi connectivity index (χ0n) is 8.18. The molecule has 0 saturated heterocycles. The fraction of sp³-hybridized carbons (Fsp3) is 0.667. The van der Waals surface area contributed by atoms with Crippen molar-refractivity contribution < 1.29 is 4.39 Å². The molecular weight excluding hydrogens is 169 g/mol. The summed E-state index contributed by atoms with van der Waals surface area (Å²) < 4.78 is 14.6. The molecule has 0 aliphatic heterocycles. The van der Waals surface area contributed by atoms with Gasteiger partial charge in [0.1, 0.15) is 5.69 Å². The summed E-state index contributed by atoms with van der Waals surface area (Å²) in [5, 5.41) is 4.00. The molecule has 0 atom stereocenters. The van der Waals surface area contributed by atoms with Crippen LogP contribution in [-0.4, -0.2) is 9.78 Å². The molecule has 2 N–H and O–H groups in total. The third-order valence-corrected chi connectivity index (χ3v) is 2.11. The number of nitrogens with zero attached hydrogens (tertiary/aromatic N) is 2. The number of aromatic nitrogens is 2. The van der Waals surface area contributed by atoms with Gasteiger partial charge in [-0.2, -0.15) is 5.10 Å². The summed E-state index contributed by atoms with van der Waals surface area (Å²) in [4.78, 5) is 0. The molecule has 0 amide bonds. The molecule has 0 fully saturated rings. The first kappa shape index (κ1) is 10.0. The SMILES string of the molecule is CCCCCc1nn(C)c(N)c1F. The van der Waals surface area contributed by atoms with E-state index in [1.807, 2.05) is 0 Å². The van der Waals surface area contributed by atoms with Crippen LogP contribution in [0.4, 0.5) is 10.2 Å². The third kappa shape index (κ3) is 2.20. The van der Waals surface area contributed by atoms with E-state index < -0.39 is 0 Å². The second kappa shape index (κ2) is 4.25. The van der Waals surface area contributed by atoms with Crippen molar-refractivity contribution in [1.82, 2.24) is 9.78 Å². The standard InChI is InChI=1S/C9H16FN3/c1-3-4-5-6-7-8(10)9(11)13(2)12-7/h3-6,11H2,1-2H3. The van der Waals surface area contributed by atoms with Crippen LogP contribution in [0, 0.1) is 5.82 Å². The predicted octanol–water partition coefficient (Wildman–Crippen LogP) is 1.87. The largest absolute Gasteiger partial charge is 0.381 e. The lowest BCUT2D eigenvalue weighted by Crippen LogP contribution is -1.97. The molecule has 0 aliphatic carbocycles. The van der Waals surface area contributed by atoms with Crippen molar-refractivity contribution in [3.05, 3.63) is 11.5 Å².